The number of hydrogen-bond acceptors (Lipinski definition) is 2. The van der Waals surface area contributed by atoms with Gasteiger partial charge in [-0.25, -0.2) is 0 Å². The highest BCUT2D eigenvalue weighted by molar-refractivity contribution is 5.65. The van der Waals surface area contributed by atoms with Crippen molar-refractivity contribution >= 4 is 12.3 Å². The first-order chi connectivity index (χ1) is 6.08. The standard InChI is InChI=1S/C11H22NO2/c1-8-12(10(2,3)4)9(13)14-11(5,6)7/h8H,1-7H3/q+1. The second-order valence-corrected chi connectivity index (χ2v) is 5.28. The molecular weight excluding hydrogens is 178 g/mol. The maximum atomic E-state index is 11.7. The Hall–Kier alpha value is -0.860. The summed E-state index contributed by atoms with van der Waals surface area (Å²) in [5, 5.41) is 0. The summed E-state index contributed by atoms with van der Waals surface area (Å²) >= 11 is 0. The van der Waals surface area contributed by atoms with Crippen LogP contribution in [-0.2, 0) is 4.74 Å². The minimum atomic E-state index is -0.441. The zero-order valence-electron chi connectivity index (χ0n) is 10.3. The van der Waals surface area contributed by atoms with Gasteiger partial charge in [0.05, 0.1) is 0 Å². The van der Waals surface area contributed by atoms with Gasteiger partial charge in [-0.05, 0) is 20.8 Å². The van der Waals surface area contributed by atoms with E-state index < -0.39 is 5.60 Å². The Morgan fingerprint density at radius 2 is 1.57 bits per heavy atom. The number of carbonyl (C=O) groups is 1. The third-order valence-corrected chi connectivity index (χ3v) is 1.57. The van der Waals surface area contributed by atoms with Crippen molar-refractivity contribution < 1.29 is 14.1 Å². The molecule has 0 atom stereocenters. The summed E-state index contributed by atoms with van der Waals surface area (Å²) < 4.78 is 6.87. The van der Waals surface area contributed by atoms with E-state index in [0.717, 1.165) is 0 Å². The second-order valence-electron chi connectivity index (χ2n) is 5.28. The van der Waals surface area contributed by atoms with Gasteiger partial charge in [-0.15, -0.1) is 4.58 Å². The number of rotatable bonds is 0. The largest absolute Gasteiger partial charge is 0.597 e. The van der Waals surface area contributed by atoms with Crippen LogP contribution in [0.1, 0.15) is 48.5 Å². The fraction of sp³-hybridized carbons (Fsp3) is 0.818. The van der Waals surface area contributed by atoms with E-state index in [2.05, 4.69) is 0 Å². The van der Waals surface area contributed by atoms with Crippen molar-refractivity contribution in [1.29, 1.82) is 0 Å². The molecule has 0 N–H and O–H groups in total. The number of nitrogens with zero attached hydrogens (tertiary/aromatic N) is 1. The van der Waals surface area contributed by atoms with Crippen molar-refractivity contribution in [1.82, 2.24) is 0 Å². The van der Waals surface area contributed by atoms with Crippen LogP contribution >= 0.6 is 0 Å². The Morgan fingerprint density at radius 1 is 1.14 bits per heavy atom. The summed E-state index contributed by atoms with van der Waals surface area (Å²) in [6, 6.07) is 0. The molecule has 0 aromatic carbocycles. The minimum Gasteiger partial charge on any atom is -0.406 e. The SMILES string of the molecule is CC=[N+](C(=O)OC(C)(C)C)C(C)(C)C. The fourth-order valence-electron chi connectivity index (χ4n) is 1.08. The molecule has 82 valence electrons. The van der Waals surface area contributed by atoms with Crippen LogP contribution in [-0.4, -0.2) is 28.0 Å². The van der Waals surface area contributed by atoms with Gasteiger partial charge in [-0.1, -0.05) is 0 Å². The van der Waals surface area contributed by atoms with E-state index in [4.69, 9.17) is 4.74 Å². The van der Waals surface area contributed by atoms with Crippen LogP contribution in [0.15, 0.2) is 0 Å². The van der Waals surface area contributed by atoms with Crippen molar-refractivity contribution in [2.75, 3.05) is 0 Å². The Morgan fingerprint density at radius 3 is 1.79 bits per heavy atom. The molecule has 0 unspecified atom stereocenters. The van der Waals surface area contributed by atoms with E-state index in [1.54, 1.807) is 10.8 Å². The summed E-state index contributed by atoms with van der Waals surface area (Å²) in [7, 11) is 0. The zero-order chi connectivity index (χ0) is 11.6. The monoisotopic (exact) mass is 200 g/mol. The van der Waals surface area contributed by atoms with Gasteiger partial charge < -0.3 is 4.74 Å². The van der Waals surface area contributed by atoms with E-state index in [1.165, 1.54) is 0 Å². The van der Waals surface area contributed by atoms with Crippen LogP contribution in [0.25, 0.3) is 0 Å². The molecule has 1 amide bonds. The third-order valence-electron chi connectivity index (χ3n) is 1.57. The maximum absolute atomic E-state index is 11.7. The third kappa shape index (κ3) is 4.40. The average Bonchev–Trinajstić information content (AvgIpc) is 1.79. The molecular formula is C11H22NO2+. The highest BCUT2D eigenvalue weighted by Crippen LogP contribution is 2.13. The lowest BCUT2D eigenvalue weighted by atomic mass is 10.1. The summed E-state index contributed by atoms with van der Waals surface area (Å²) in [4.78, 5) is 11.7. The van der Waals surface area contributed by atoms with Gasteiger partial charge in [-0.3, -0.25) is 0 Å². The van der Waals surface area contributed by atoms with Crippen LogP contribution in [0.2, 0.25) is 0 Å². The highest BCUT2D eigenvalue weighted by atomic mass is 16.6. The predicted molar refractivity (Wildman–Crippen MR) is 58.0 cm³/mol. The predicted octanol–water partition coefficient (Wildman–Crippen LogP) is 2.82. The Balaban J connectivity index is 4.69. The van der Waals surface area contributed by atoms with Crippen molar-refractivity contribution in [2.24, 2.45) is 0 Å². The van der Waals surface area contributed by atoms with Crippen molar-refractivity contribution in [3.8, 4) is 0 Å². The van der Waals surface area contributed by atoms with Crippen molar-refractivity contribution in [3.05, 3.63) is 0 Å². The van der Waals surface area contributed by atoms with Crippen LogP contribution in [0.5, 0.6) is 0 Å². The van der Waals surface area contributed by atoms with Gasteiger partial charge in [0.15, 0.2) is 5.54 Å². The minimum absolute atomic E-state index is 0.239. The number of hydrogen-bond donors (Lipinski definition) is 0. The molecule has 0 bridgehead atoms. The summed E-state index contributed by atoms with van der Waals surface area (Å²) in [5.74, 6) is 0. The van der Waals surface area contributed by atoms with Gasteiger partial charge in [0.25, 0.3) is 0 Å². The lowest BCUT2D eigenvalue weighted by Crippen LogP contribution is -2.41. The lowest BCUT2D eigenvalue weighted by molar-refractivity contribution is -0.520. The normalized spacial score (nSPS) is 14.1. The lowest BCUT2D eigenvalue weighted by Gasteiger charge is -2.21. The first-order valence-corrected chi connectivity index (χ1v) is 4.90. The van der Waals surface area contributed by atoms with Crippen molar-refractivity contribution in [2.45, 2.75) is 59.6 Å². The van der Waals surface area contributed by atoms with Gasteiger partial charge in [-0.2, -0.15) is 4.79 Å². The molecule has 3 heteroatoms. The van der Waals surface area contributed by atoms with E-state index in [0.29, 0.717) is 0 Å². The summed E-state index contributed by atoms with van der Waals surface area (Å²) in [6.07, 6.45) is 1.45. The van der Waals surface area contributed by atoms with E-state index >= 15 is 0 Å². The zero-order valence-corrected chi connectivity index (χ0v) is 10.3. The molecule has 0 saturated carbocycles. The summed E-state index contributed by atoms with van der Waals surface area (Å²) in [5.41, 5.74) is -0.680. The van der Waals surface area contributed by atoms with Gasteiger partial charge in [0.2, 0.25) is 0 Å². The number of amides is 1. The molecule has 14 heavy (non-hydrogen) atoms. The van der Waals surface area contributed by atoms with Gasteiger partial charge in [0, 0.05) is 27.7 Å². The van der Waals surface area contributed by atoms with Crippen molar-refractivity contribution in [3.63, 3.8) is 0 Å². The van der Waals surface area contributed by atoms with Crippen LogP contribution < -0.4 is 0 Å². The first-order valence-electron chi connectivity index (χ1n) is 4.90. The smallest absolute Gasteiger partial charge is 0.406 e. The van der Waals surface area contributed by atoms with E-state index in [9.17, 15) is 4.79 Å². The molecule has 0 aliphatic carbocycles. The Kier molecular flexibility index (Phi) is 3.86. The molecule has 0 radical (unpaired) electrons. The molecule has 0 spiro atoms. The number of ether oxygens (including phenoxy) is 1. The molecule has 0 aliphatic rings. The van der Waals surface area contributed by atoms with Crippen LogP contribution in [0.3, 0.4) is 0 Å². The maximum Gasteiger partial charge on any atom is 0.597 e. The molecule has 0 aliphatic heterocycles. The topological polar surface area (TPSA) is 29.3 Å². The molecule has 0 aromatic rings. The first kappa shape index (κ1) is 13.1. The van der Waals surface area contributed by atoms with Gasteiger partial charge in [0.1, 0.15) is 11.8 Å². The second kappa shape index (κ2) is 4.11. The Bertz CT molecular complexity index is 241. The highest BCUT2D eigenvalue weighted by Gasteiger charge is 2.34. The molecule has 0 rings (SSSR count). The summed E-state index contributed by atoms with van der Waals surface area (Å²) in [6.45, 7) is 13.3. The van der Waals surface area contributed by atoms with E-state index in [-0.39, 0.29) is 11.6 Å². The molecule has 0 saturated heterocycles. The van der Waals surface area contributed by atoms with Gasteiger partial charge >= 0.3 is 6.09 Å². The van der Waals surface area contributed by atoms with E-state index in [1.807, 2.05) is 48.5 Å². The molecule has 0 fully saturated rings. The fourth-order valence-corrected chi connectivity index (χ4v) is 1.08. The molecule has 0 aromatic heterocycles. The Labute approximate surface area is 86.8 Å². The van der Waals surface area contributed by atoms with Crippen LogP contribution in [0.4, 0.5) is 4.79 Å². The molecule has 0 heterocycles. The number of carbonyl (C=O) groups excluding carboxylic acids is 1. The van der Waals surface area contributed by atoms with Crippen LogP contribution in [0, 0.1) is 0 Å². The molecule has 3 nitrogen and oxygen atoms in total. The quantitative estimate of drug-likeness (QED) is 0.444. The average molecular weight is 200 g/mol.